The van der Waals surface area contributed by atoms with E-state index in [0.717, 1.165) is 12.5 Å². The molecule has 1 aromatic rings. The first-order valence-corrected chi connectivity index (χ1v) is 5.43. The van der Waals surface area contributed by atoms with Crippen LogP contribution in [0.1, 0.15) is 16.8 Å². The van der Waals surface area contributed by atoms with Gasteiger partial charge in [-0.2, -0.15) is 0 Å². The lowest BCUT2D eigenvalue weighted by Crippen LogP contribution is -2.30. The molecule has 1 saturated heterocycles. The number of hydrogen-bond donors (Lipinski definition) is 3. The molecule has 92 valence electrons. The maximum Gasteiger partial charge on any atom is 0.254 e. The molecule has 0 aromatic carbocycles. The maximum absolute atomic E-state index is 12.0. The summed E-state index contributed by atoms with van der Waals surface area (Å²) in [6.45, 7) is 1.12. The van der Waals surface area contributed by atoms with Crippen molar-refractivity contribution in [2.45, 2.75) is 6.42 Å². The molecule has 0 spiro atoms. The minimum Gasteiger partial charge on any atom is -0.494 e. The number of aromatic amines is 1. The van der Waals surface area contributed by atoms with Gasteiger partial charge in [-0.1, -0.05) is 0 Å². The number of hydrogen-bond acceptors (Lipinski definition) is 4. The molecule has 6 heteroatoms. The van der Waals surface area contributed by atoms with Gasteiger partial charge in [0.1, 0.15) is 0 Å². The third-order valence-corrected chi connectivity index (χ3v) is 2.91. The molecular formula is C11H14N2O4. The highest BCUT2D eigenvalue weighted by Gasteiger charge is 2.26. The van der Waals surface area contributed by atoms with Gasteiger partial charge in [0.15, 0.2) is 5.88 Å². The molecule has 2 rings (SSSR count). The van der Waals surface area contributed by atoms with Gasteiger partial charge in [-0.3, -0.25) is 14.6 Å². The monoisotopic (exact) mass is 238 g/mol. The maximum atomic E-state index is 12.0. The Hall–Kier alpha value is -1.82. The lowest BCUT2D eigenvalue weighted by molar-refractivity contribution is 0.0781. The van der Waals surface area contributed by atoms with Crippen molar-refractivity contribution >= 4 is 5.91 Å². The normalized spacial score (nSPS) is 19.6. The van der Waals surface area contributed by atoms with Crippen LogP contribution in [0.5, 0.6) is 5.88 Å². The van der Waals surface area contributed by atoms with Crippen molar-refractivity contribution in [3.05, 3.63) is 28.0 Å². The van der Waals surface area contributed by atoms with Crippen LogP contribution in [0.3, 0.4) is 0 Å². The summed E-state index contributed by atoms with van der Waals surface area (Å²) >= 11 is 0. The zero-order chi connectivity index (χ0) is 12.4. The summed E-state index contributed by atoms with van der Waals surface area (Å²) in [7, 11) is 0. The fourth-order valence-corrected chi connectivity index (χ4v) is 2.00. The first-order valence-electron chi connectivity index (χ1n) is 5.43. The van der Waals surface area contributed by atoms with Gasteiger partial charge in [-0.25, -0.2) is 0 Å². The van der Waals surface area contributed by atoms with Crippen molar-refractivity contribution in [3.8, 4) is 5.88 Å². The summed E-state index contributed by atoms with van der Waals surface area (Å²) in [5, 5.41) is 18.2. The highest BCUT2D eigenvalue weighted by atomic mass is 16.3. The van der Waals surface area contributed by atoms with Crippen LogP contribution in [0.25, 0.3) is 0 Å². The molecule has 1 unspecified atom stereocenters. The third kappa shape index (κ3) is 2.47. The van der Waals surface area contributed by atoms with Gasteiger partial charge in [-0.05, 0) is 6.42 Å². The predicted molar refractivity (Wildman–Crippen MR) is 59.8 cm³/mol. The highest BCUT2D eigenvalue weighted by molar-refractivity contribution is 5.94. The molecule has 17 heavy (non-hydrogen) atoms. The molecule has 1 amide bonds. The van der Waals surface area contributed by atoms with E-state index in [1.165, 1.54) is 6.07 Å². The van der Waals surface area contributed by atoms with Crippen molar-refractivity contribution in [1.82, 2.24) is 9.88 Å². The Morgan fingerprint density at radius 2 is 2.29 bits per heavy atom. The van der Waals surface area contributed by atoms with E-state index in [9.17, 15) is 14.7 Å². The van der Waals surface area contributed by atoms with Gasteiger partial charge >= 0.3 is 0 Å². The Morgan fingerprint density at radius 3 is 2.88 bits per heavy atom. The van der Waals surface area contributed by atoms with Crippen molar-refractivity contribution in [1.29, 1.82) is 0 Å². The van der Waals surface area contributed by atoms with Crippen LogP contribution in [0, 0.1) is 5.92 Å². The van der Waals surface area contributed by atoms with Crippen molar-refractivity contribution in [2.75, 3.05) is 19.7 Å². The molecular weight excluding hydrogens is 224 g/mol. The molecule has 0 saturated carbocycles. The number of carbonyl (C=O) groups excluding carboxylic acids is 1. The van der Waals surface area contributed by atoms with Crippen LogP contribution in [0.4, 0.5) is 0 Å². The van der Waals surface area contributed by atoms with E-state index in [2.05, 4.69) is 4.98 Å². The summed E-state index contributed by atoms with van der Waals surface area (Å²) in [6.07, 6.45) is 0.761. The number of aliphatic hydroxyl groups excluding tert-OH is 1. The molecule has 6 nitrogen and oxygen atoms in total. The molecule has 0 bridgehead atoms. The molecule has 3 N–H and O–H groups in total. The van der Waals surface area contributed by atoms with Crippen LogP contribution in [0.15, 0.2) is 16.9 Å². The standard InChI is InChI=1S/C11H14N2O4/c14-6-7-1-2-13(5-7)11(17)8-3-9(15)12-10(16)4-8/h3-4,7,14H,1-2,5-6H2,(H2,12,15,16). The molecule has 1 aromatic heterocycles. The Labute approximate surface area is 97.5 Å². The van der Waals surface area contributed by atoms with E-state index >= 15 is 0 Å². The number of aromatic nitrogens is 1. The zero-order valence-corrected chi connectivity index (χ0v) is 9.22. The second-order valence-electron chi connectivity index (χ2n) is 4.21. The third-order valence-electron chi connectivity index (χ3n) is 2.91. The number of nitrogens with one attached hydrogen (secondary N) is 1. The first-order chi connectivity index (χ1) is 8.10. The van der Waals surface area contributed by atoms with Crippen LogP contribution in [0.2, 0.25) is 0 Å². The van der Waals surface area contributed by atoms with E-state index in [4.69, 9.17) is 5.11 Å². The van der Waals surface area contributed by atoms with Gasteiger partial charge in [0.25, 0.3) is 11.5 Å². The van der Waals surface area contributed by atoms with Gasteiger partial charge in [0.2, 0.25) is 0 Å². The Bertz CT molecular complexity index is 483. The fraction of sp³-hybridized carbons (Fsp3) is 0.455. The predicted octanol–water partition coefficient (Wildman–Crippen LogP) is -0.465. The molecule has 0 aliphatic carbocycles. The van der Waals surface area contributed by atoms with Gasteiger partial charge in [-0.15, -0.1) is 0 Å². The van der Waals surface area contributed by atoms with Crippen molar-refractivity contribution < 1.29 is 15.0 Å². The van der Waals surface area contributed by atoms with Gasteiger partial charge < -0.3 is 15.1 Å². The minimum atomic E-state index is -0.508. The summed E-state index contributed by atoms with van der Waals surface area (Å²) in [5.41, 5.74) is -0.337. The smallest absolute Gasteiger partial charge is 0.254 e. The number of H-pyrrole nitrogens is 1. The lowest BCUT2D eigenvalue weighted by Gasteiger charge is -2.15. The van der Waals surface area contributed by atoms with E-state index in [-0.39, 0.29) is 29.9 Å². The SMILES string of the molecule is O=C(c1cc(O)[nH]c(=O)c1)N1CCC(CO)C1. The number of aromatic hydroxyl groups is 1. The number of aliphatic hydroxyl groups is 1. The Kier molecular flexibility index (Phi) is 3.14. The quantitative estimate of drug-likeness (QED) is 0.649. The number of likely N-dealkylation sites (tertiary alicyclic amines) is 1. The second-order valence-corrected chi connectivity index (χ2v) is 4.21. The molecule has 2 heterocycles. The minimum absolute atomic E-state index is 0.0599. The van der Waals surface area contributed by atoms with E-state index in [1.807, 2.05) is 0 Å². The fourth-order valence-electron chi connectivity index (χ4n) is 2.00. The van der Waals surface area contributed by atoms with E-state index < -0.39 is 5.56 Å². The summed E-state index contributed by atoms with van der Waals surface area (Å²) in [6, 6.07) is 2.39. The average molecular weight is 238 g/mol. The van der Waals surface area contributed by atoms with Crippen LogP contribution in [-0.2, 0) is 0 Å². The molecule has 1 fully saturated rings. The number of carbonyl (C=O) groups is 1. The van der Waals surface area contributed by atoms with Crippen molar-refractivity contribution in [2.24, 2.45) is 5.92 Å². The molecule has 1 atom stereocenters. The van der Waals surface area contributed by atoms with Crippen LogP contribution >= 0.6 is 0 Å². The number of pyridine rings is 1. The second kappa shape index (κ2) is 4.58. The first kappa shape index (κ1) is 11.7. The van der Waals surface area contributed by atoms with Crippen molar-refractivity contribution in [3.63, 3.8) is 0 Å². The molecule has 0 radical (unpaired) electrons. The Balaban J connectivity index is 2.17. The summed E-state index contributed by atoms with van der Waals surface area (Å²) in [5.74, 6) is -0.504. The number of rotatable bonds is 2. The summed E-state index contributed by atoms with van der Waals surface area (Å²) < 4.78 is 0. The van der Waals surface area contributed by atoms with Crippen LogP contribution < -0.4 is 5.56 Å². The summed E-state index contributed by atoms with van der Waals surface area (Å²) in [4.78, 5) is 26.9. The van der Waals surface area contributed by atoms with Crippen LogP contribution in [-0.4, -0.2) is 45.7 Å². The number of nitrogens with zero attached hydrogens (tertiary/aromatic N) is 1. The van der Waals surface area contributed by atoms with Gasteiger partial charge in [0, 0.05) is 37.7 Å². The highest BCUT2D eigenvalue weighted by Crippen LogP contribution is 2.18. The largest absolute Gasteiger partial charge is 0.494 e. The lowest BCUT2D eigenvalue weighted by atomic mass is 10.1. The topological polar surface area (TPSA) is 93.6 Å². The van der Waals surface area contributed by atoms with Gasteiger partial charge in [0.05, 0.1) is 5.56 Å². The molecule has 1 aliphatic heterocycles. The molecule has 1 aliphatic rings. The van der Waals surface area contributed by atoms with E-state index in [0.29, 0.717) is 13.1 Å². The number of amides is 1. The Morgan fingerprint density at radius 1 is 1.53 bits per heavy atom. The van der Waals surface area contributed by atoms with E-state index in [1.54, 1.807) is 4.90 Å². The average Bonchev–Trinajstić information content (AvgIpc) is 2.75. The zero-order valence-electron chi connectivity index (χ0n) is 9.22.